The Morgan fingerprint density at radius 1 is 1.18 bits per heavy atom. The van der Waals surface area contributed by atoms with Gasteiger partial charge in [0.05, 0.1) is 37.9 Å². The number of nitrogen functional groups attached to an aromatic ring is 1. The molecule has 0 spiro atoms. The Morgan fingerprint density at radius 2 is 2.05 bits per heavy atom. The van der Waals surface area contributed by atoms with E-state index >= 15 is 4.39 Å². The molecule has 2 N–H and O–H groups in total. The second-order valence-corrected chi connectivity index (χ2v) is 12.2. The fraction of sp³-hybridized carbons (Fsp3) is 0.467. The van der Waals surface area contributed by atoms with Crippen LogP contribution in [0.3, 0.4) is 0 Å². The third-order valence-electron chi connectivity index (χ3n) is 9.16. The van der Waals surface area contributed by atoms with E-state index in [0.29, 0.717) is 24.8 Å². The van der Waals surface area contributed by atoms with Crippen molar-refractivity contribution in [3.05, 3.63) is 41.1 Å². The number of anilines is 2. The van der Waals surface area contributed by atoms with E-state index < -0.39 is 54.0 Å². The highest BCUT2D eigenvalue weighted by Gasteiger charge is 2.56. The topological polar surface area (TPSA) is 103 Å². The predicted molar refractivity (Wildman–Crippen MR) is 156 cm³/mol. The zero-order valence-corrected chi connectivity index (χ0v) is 24.0. The van der Waals surface area contributed by atoms with E-state index in [1.807, 2.05) is 0 Å². The highest BCUT2D eigenvalue weighted by molar-refractivity contribution is 6.36. The minimum atomic E-state index is -2.47. The van der Waals surface area contributed by atoms with Crippen molar-refractivity contribution >= 4 is 44.9 Å². The smallest absolute Gasteiger partial charge is 0.319 e. The summed E-state index contributed by atoms with van der Waals surface area (Å²) >= 11 is 6.32. The third kappa shape index (κ3) is 4.34. The molecule has 9 nitrogen and oxygen atoms in total. The van der Waals surface area contributed by atoms with Gasteiger partial charge in [0.25, 0.3) is 0 Å². The maximum atomic E-state index is 16.7. The molecule has 230 valence electrons. The maximum Gasteiger partial charge on any atom is 0.319 e. The number of fused-ring (bicyclic) bond motifs is 4. The van der Waals surface area contributed by atoms with Crippen molar-refractivity contribution in [3.63, 3.8) is 0 Å². The lowest BCUT2D eigenvalue weighted by Crippen LogP contribution is -2.43. The molecule has 3 aliphatic heterocycles. The molecular formula is C30H28ClF4N7O2. The summed E-state index contributed by atoms with van der Waals surface area (Å²) in [7, 11) is 0. The van der Waals surface area contributed by atoms with Gasteiger partial charge in [0.1, 0.15) is 53.3 Å². The van der Waals surface area contributed by atoms with Crippen molar-refractivity contribution in [1.82, 2.24) is 24.8 Å². The first-order valence-electron chi connectivity index (χ1n) is 15.5. The van der Waals surface area contributed by atoms with E-state index in [4.69, 9.17) is 29.5 Å². The Bertz CT molecular complexity index is 1910. The standard InChI is InChI=1S/C30H28ClF4N7O2/c31-21-18(33)3-2-14-8-19(36)38-25(20(14)21)26-23(35)24-16(10-37-26)28(42-6-7-43-12-17-22(34)27(17)42)40-29(39-24)44-13-30-4-1-5-41(30)11-15(32)9-30/h2-3,8,10,15,17,22,27H,1,4-7,9,11-13H2,(H2,36,38)/t15-,17+,22+,27+,30+/m1/s1/i13D2. The molecule has 0 bridgehead atoms. The predicted octanol–water partition coefficient (Wildman–Crippen LogP) is 4.88. The fourth-order valence-corrected chi connectivity index (χ4v) is 7.27. The Morgan fingerprint density at radius 3 is 2.91 bits per heavy atom. The monoisotopic (exact) mass is 631 g/mol. The zero-order chi connectivity index (χ0) is 32.1. The second kappa shape index (κ2) is 10.2. The SMILES string of the molecule is [2H]C([2H])(Oc1nc(N2CCOC[C@H]3[C@H](F)[C@H]32)c2cnc(-c3nc(N)cc4ccc(F)c(Cl)c34)c(F)c2n1)[C@@]12CCCN1C[C@H](F)C2. The number of aromatic nitrogens is 4. The highest BCUT2D eigenvalue weighted by atomic mass is 35.5. The molecule has 1 aromatic carbocycles. The lowest BCUT2D eigenvalue weighted by Gasteiger charge is -2.31. The molecule has 3 saturated heterocycles. The molecule has 4 aromatic rings. The van der Waals surface area contributed by atoms with Gasteiger partial charge in [-0.1, -0.05) is 17.7 Å². The first-order valence-corrected chi connectivity index (χ1v) is 14.8. The van der Waals surface area contributed by atoms with E-state index in [9.17, 15) is 13.2 Å². The van der Waals surface area contributed by atoms with Crippen LogP contribution in [0.2, 0.25) is 5.02 Å². The summed E-state index contributed by atoms with van der Waals surface area (Å²) in [5.41, 5.74) is 3.95. The van der Waals surface area contributed by atoms with Gasteiger partial charge >= 0.3 is 6.01 Å². The van der Waals surface area contributed by atoms with Crippen LogP contribution in [0.4, 0.5) is 29.2 Å². The van der Waals surface area contributed by atoms with E-state index in [2.05, 4.69) is 19.9 Å². The van der Waals surface area contributed by atoms with E-state index in [-0.39, 0.29) is 77.1 Å². The lowest BCUT2D eigenvalue weighted by molar-refractivity contribution is 0.107. The minimum Gasteiger partial charge on any atom is -0.461 e. The van der Waals surface area contributed by atoms with Crippen LogP contribution in [-0.2, 0) is 4.74 Å². The largest absolute Gasteiger partial charge is 0.461 e. The van der Waals surface area contributed by atoms with Crippen LogP contribution in [0.25, 0.3) is 33.1 Å². The number of halogens is 5. The van der Waals surface area contributed by atoms with Crippen LogP contribution in [0.5, 0.6) is 6.01 Å². The summed E-state index contributed by atoms with van der Waals surface area (Å²) in [6.45, 7) is -1.21. The molecule has 14 heteroatoms. The van der Waals surface area contributed by atoms with Gasteiger partial charge in [-0.3, -0.25) is 9.88 Å². The maximum absolute atomic E-state index is 16.7. The zero-order valence-electron chi connectivity index (χ0n) is 25.2. The van der Waals surface area contributed by atoms with E-state index in [1.165, 1.54) is 18.3 Å². The summed E-state index contributed by atoms with van der Waals surface area (Å²) in [5.74, 6) is -2.09. The lowest BCUT2D eigenvalue weighted by atomic mass is 9.95. The van der Waals surface area contributed by atoms with Gasteiger partial charge in [0.2, 0.25) is 0 Å². The number of hydrogen-bond acceptors (Lipinski definition) is 9. The van der Waals surface area contributed by atoms with Crippen LogP contribution in [0, 0.1) is 17.6 Å². The van der Waals surface area contributed by atoms with Crippen molar-refractivity contribution in [2.45, 2.75) is 43.2 Å². The van der Waals surface area contributed by atoms with Crippen molar-refractivity contribution in [2.24, 2.45) is 5.92 Å². The molecule has 8 rings (SSSR count). The van der Waals surface area contributed by atoms with Crippen LogP contribution in [0.1, 0.15) is 22.0 Å². The Labute approximate surface area is 257 Å². The minimum absolute atomic E-state index is 0.00787. The van der Waals surface area contributed by atoms with Crippen molar-refractivity contribution < 1.29 is 29.8 Å². The second-order valence-electron chi connectivity index (χ2n) is 11.8. The molecule has 44 heavy (non-hydrogen) atoms. The molecule has 4 aliphatic rings. The molecule has 4 fully saturated rings. The molecule has 3 aromatic heterocycles. The van der Waals surface area contributed by atoms with Crippen LogP contribution in [0.15, 0.2) is 24.4 Å². The number of rotatable bonds is 5. The molecule has 6 heterocycles. The molecule has 0 amide bonds. The van der Waals surface area contributed by atoms with Crippen LogP contribution < -0.4 is 15.4 Å². The van der Waals surface area contributed by atoms with Gasteiger partial charge in [-0.15, -0.1) is 0 Å². The molecule has 0 unspecified atom stereocenters. The highest BCUT2D eigenvalue weighted by Crippen LogP contribution is 2.46. The summed E-state index contributed by atoms with van der Waals surface area (Å²) in [5, 5.41) is 0.280. The fourth-order valence-electron chi connectivity index (χ4n) is 7.01. The van der Waals surface area contributed by atoms with Crippen molar-refractivity contribution in [3.8, 4) is 17.4 Å². The molecule has 0 radical (unpaired) electrons. The molecule has 1 saturated carbocycles. The van der Waals surface area contributed by atoms with Crippen LogP contribution in [-0.4, -0.2) is 88.2 Å². The van der Waals surface area contributed by atoms with Gasteiger partial charge < -0.3 is 20.1 Å². The van der Waals surface area contributed by atoms with Crippen molar-refractivity contribution in [2.75, 3.05) is 50.0 Å². The Hall–Kier alpha value is -3.55. The normalized spacial score (nSPS) is 29.3. The van der Waals surface area contributed by atoms with Gasteiger partial charge in [-0.2, -0.15) is 9.97 Å². The van der Waals surface area contributed by atoms with Crippen molar-refractivity contribution in [1.29, 1.82) is 0 Å². The Kier molecular flexibility index (Phi) is 5.99. The third-order valence-corrected chi connectivity index (χ3v) is 9.53. The first-order chi connectivity index (χ1) is 22.0. The summed E-state index contributed by atoms with van der Waals surface area (Å²) < 4.78 is 90.2. The summed E-state index contributed by atoms with van der Waals surface area (Å²) in [6.07, 6.45) is -0.229. The molecule has 1 aliphatic carbocycles. The number of nitrogens with zero attached hydrogens (tertiary/aromatic N) is 6. The molecular weight excluding hydrogens is 602 g/mol. The van der Waals surface area contributed by atoms with Gasteiger partial charge in [0.15, 0.2) is 5.82 Å². The number of nitrogens with two attached hydrogens (primary N) is 1. The van der Waals surface area contributed by atoms with Gasteiger partial charge in [-0.05, 0) is 36.9 Å². The number of ether oxygens (including phenoxy) is 2. The van der Waals surface area contributed by atoms with Gasteiger partial charge in [-0.25, -0.2) is 22.5 Å². The molecule has 5 atom stereocenters. The van der Waals surface area contributed by atoms with E-state index in [0.717, 1.165) is 6.07 Å². The number of alkyl halides is 2. The average molecular weight is 632 g/mol. The van der Waals surface area contributed by atoms with Crippen LogP contribution >= 0.6 is 11.6 Å². The first kappa shape index (κ1) is 25.7. The summed E-state index contributed by atoms with van der Waals surface area (Å²) in [6, 6.07) is 2.93. The van der Waals surface area contributed by atoms with Gasteiger partial charge in [0, 0.05) is 37.0 Å². The Balaban J connectivity index is 1.31. The summed E-state index contributed by atoms with van der Waals surface area (Å²) in [4.78, 5) is 20.8. The number of pyridine rings is 2. The number of hydrogen-bond donors (Lipinski definition) is 1. The quantitative estimate of drug-likeness (QED) is 0.309. The average Bonchev–Trinajstić information content (AvgIpc) is 3.37. The van der Waals surface area contributed by atoms with E-state index in [1.54, 1.807) is 9.80 Å². The number of benzene rings is 1.